The first kappa shape index (κ1) is 18.4. The molecule has 0 saturated heterocycles. The van der Waals surface area contributed by atoms with Gasteiger partial charge < -0.3 is 15.4 Å². The summed E-state index contributed by atoms with van der Waals surface area (Å²) in [6, 6.07) is 14.5. The van der Waals surface area contributed by atoms with Crippen molar-refractivity contribution in [3.8, 4) is 11.6 Å². The second kappa shape index (κ2) is 7.97. The van der Waals surface area contributed by atoms with E-state index in [4.69, 9.17) is 4.74 Å². The zero-order valence-electron chi connectivity index (χ0n) is 16.0. The van der Waals surface area contributed by atoms with E-state index in [9.17, 15) is 4.79 Å². The van der Waals surface area contributed by atoms with Crippen molar-refractivity contribution in [1.82, 2.24) is 20.2 Å². The lowest BCUT2D eigenvalue weighted by Crippen LogP contribution is -2.19. The number of carbonyl (C=O) groups is 1. The van der Waals surface area contributed by atoms with Crippen LogP contribution in [0, 0.1) is 0 Å². The van der Waals surface area contributed by atoms with Crippen LogP contribution < -0.4 is 15.4 Å². The first-order chi connectivity index (χ1) is 14.1. The highest BCUT2D eigenvalue weighted by Crippen LogP contribution is 2.26. The first-order valence-electron chi connectivity index (χ1n) is 9.18. The molecular formula is C21H20N6O2. The zero-order valence-corrected chi connectivity index (χ0v) is 16.0. The monoisotopic (exact) mass is 388 g/mol. The molecular weight excluding hydrogens is 368 g/mol. The molecule has 2 aromatic heterocycles. The van der Waals surface area contributed by atoms with Crippen molar-refractivity contribution in [3.05, 3.63) is 66.6 Å². The number of hydrogen-bond donors (Lipinski definition) is 3. The van der Waals surface area contributed by atoms with Gasteiger partial charge >= 0.3 is 6.03 Å². The lowest BCUT2D eigenvalue weighted by molar-refractivity contribution is 0.262. The highest BCUT2D eigenvalue weighted by atomic mass is 16.5. The molecule has 0 saturated carbocycles. The van der Waals surface area contributed by atoms with Crippen molar-refractivity contribution < 1.29 is 9.53 Å². The molecule has 2 aromatic carbocycles. The van der Waals surface area contributed by atoms with Gasteiger partial charge in [0.15, 0.2) is 5.65 Å². The number of rotatable bonds is 5. The van der Waals surface area contributed by atoms with Gasteiger partial charge in [-0.25, -0.2) is 14.8 Å². The fourth-order valence-electron chi connectivity index (χ4n) is 2.81. The Balaban J connectivity index is 1.40. The molecule has 2 heterocycles. The quantitative estimate of drug-likeness (QED) is 0.450. The average molecular weight is 388 g/mol. The van der Waals surface area contributed by atoms with E-state index in [2.05, 4.69) is 44.6 Å². The van der Waals surface area contributed by atoms with Crippen molar-refractivity contribution in [1.29, 1.82) is 0 Å². The van der Waals surface area contributed by atoms with Gasteiger partial charge in [-0.1, -0.05) is 26.0 Å². The van der Waals surface area contributed by atoms with E-state index >= 15 is 0 Å². The molecule has 4 aromatic rings. The van der Waals surface area contributed by atoms with Crippen LogP contribution in [-0.2, 0) is 0 Å². The normalized spacial score (nSPS) is 10.9. The minimum atomic E-state index is -0.310. The topological polar surface area (TPSA) is 105 Å². The second-order valence-electron chi connectivity index (χ2n) is 6.80. The van der Waals surface area contributed by atoms with Crippen LogP contribution in [0.1, 0.15) is 25.3 Å². The van der Waals surface area contributed by atoms with E-state index in [1.807, 2.05) is 24.3 Å². The largest absolute Gasteiger partial charge is 0.438 e. The number of aromatic amines is 1. The third-order valence-electron chi connectivity index (χ3n) is 4.35. The Morgan fingerprint density at radius 2 is 1.83 bits per heavy atom. The Bertz CT molecular complexity index is 1140. The van der Waals surface area contributed by atoms with Crippen molar-refractivity contribution in [2.24, 2.45) is 0 Å². The van der Waals surface area contributed by atoms with E-state index in [0.717, 1.165) is 5.69 Å². The van der Waals surface area contributed by atoms with E-state index in [-0.39, 0.29) is 6.03 Å². The first-order valence-corrected chi connectivity index (χ1v) is 9.18. The van der Waals surface area contributed by atoms with Crippen LogP contribution in [0.5, 0.6) is 11.6 Å². The Morgan fingerprint density at radius 1 is 1.03 bits per heavy atom. The van der Waals surface area contributed by atoms with Gasteiger partial charge in [0.05, 0.1) is 6.20 Å². The van der Waals surface area contributed by atoms with Gasteiger partial charge in [-0.3, -0.25) is 5.10 Å². The van der Waals surface area contributed by atoms with Crippen LogP contribution in [0.3, 0.4) is 0 Å². The molecule has 4 rings (SSSR count). The minimum absolute atomic E-state index is 0.310. The number of benzene rings is 2. The highest BCUT2D eigenvalue weighted by molar-refractivity contribution is 5.99. The van der Waals surface area contributed by atoms with Gasteiger partial charge in [-0.05, 0) is 47.9 Å². The molecule has 146 valence electrons. The number of carbonyl (C=O) groups excluding carboxylic acids is 1. The van der Waals surface area contributed by atoms with Crippen LogP contribution >= 0.6 is 0 Å². The molecule has 0 bridgehead atoms. The Kier molecular flexibility index (Phi) is 5.07. The number of anilines is 2. The maximum atomic E-state index is 12.3. The van der Waals surface area contributed by atoms with Gasteiger partial charge in [-0.15, -0.1) is 0 Å². The molecule has 0 aliphatic carbocycles. The third kappa shape index (κ3) is 4.32. The fourth-order valence-corrected chi connectivity index (χ4v) is 2.81. The summed E-state index contributed by atoms with van der Waals surface area (Å²) in [4.78, 5) is 20.5. The molecule has 0 radical (unpaired) electrons. The number of ether oxygens (including phenoxy) is 1. The SMILES string of the molecule is CC(C)c1cccc(NC(=O)Nc2ccc(Oc3ncnc4[nH]ncc34)cc2)c1. The van der Waals surface area contributed by atoms with E-state index in [1.165, 1.54) is 11.9 Å². The maximum Gasteiger partial charge on any atom is 0.323 e. The van der Waals surface area contributed by atoms with Gasteiger partial charge in [0.1, 0.15) is 17.5 Å². The molecule has 0 atom stereocenters. The summed E-state index contributed by atoms with van der Waals surface area (Å²) in [5, 5.41) is 13.1. The van der Waals surface area contributed by atoms with Crippen molar-refractivity contribution in [2.45, 2.75) is 19.8 Å². The second-order valence-corrected chi connectivity index (χ2v) is 6.80. The van der Waals surface area contributed by atoms with Crippen molar-refractivity contribution in [3.63, 3.8) is 0 Å². The smallest absolute Gasteiger partial charge is 0.323 e. The number of aromatic nitrogens is 4. The lowest BCUT2D eigenvalue weighted by Gasteiger charge is -2.11. The molecule has 29 heavy (non-hydrogen) atoms. The summed E-state index contributed by atoms with van der Waals surface area (Å²) in [5.41, 5.74) is 3.17. The predicted molar refractivity (Wildman–Crippen MR) is 111 cm³/mol. The zero-order chi connectivity index (χ0) is 20.2. The van der Waals surface area contributed by atoms with Crippen molar-refractivity contribution >= 4 is 28.4 Å². The molecule has 0 fully saturated rings. The molecule has 2 amide bonds. The van der Waals surface area contributed by atoms with Gasteiger partial charge in [-0.2, -0.15) is 5.10 Å². The maximum absolute atomic E-state index is 12.3. The molecule has 0 aliphatic heterocycles. The molecule has 0 unspecified atom stereocenters. The summed E-state index contributed by atoms with van der Waals surface area (Å²) >= 11 is 0. The molecule has 0 aliphatic rings. The van der Waals surface area contributed by atoms with E-state index in [0.29, 0.717) is 34.3 Å². The molecule has 3 N–H and O–H groups in total. The summed E-state index contributed by atoms with van der Waals surface area (Å²) in [5.74, 6) is 1.39. The lowest BCUT2D eigenvalue weighted by atomic mass is 10.0. The Hall–Kier alpha value is -3.94. The summed E-state index contributed by atoms with van der Waals surface area (Å²) in [7, 11) is 0. The third-order valence-corrected chi connectivity index (χ3v) is 4.35. The van der Waals surface area contributed by atoms with Crippen LogP contribution in [-0.4, -0.2) is 26.2 Å². The van der Waals surface area contributed by atoms with E-state index in [1.54, 1.807) is 30.5 Å². The number of nitrogens with zero attached hydrogens (tertiary/aromatic N) is 3. The fraction of sp³-hybridized carbons (Fsp3) is 0.143. The average Bonchev–Trinajstić information content (AvgIpc) is 3.19. The van der Waals surface area contributed by atoms with Crippen molar-refractivity contribution in [2.75, 3.05) is 10.6 Å². The summed E-state index contributed by atoms with van der Waals surface area (Å²) in [6.07, 6.45) is 3.02. The van der Waals surface area contributed by atoms with Crippen LogP contribution in [0.15, 0.2) is 61.1 Å². The number of nitrogens with one attached hydrogen (secondary N) is 3. The molecule has 8 nitrogen and oxygen atoms in total. The van der Waals surface area contributed by atoms with E-state index < -0.39 is 0 Å². The number of urea groups is 1. The van der Waals surface area contributed by atoms with Gasteiger partial charge in [0.25, 0.3) is 0 Å². The number of fused-ring (bicyclic) bond motifs is 1. The van der Waals surface area contributed by atoms with Crippen LogP contribution in [0.25, 0.3) is 11.0 Å². The van der Waals surface area contributed by atoms with Gasteiger partial charge in [0, 0.05) is 11.4 Å². The summed E-state index contributed by atoms with van der Waals surface area (Å²) in [6.45, 7) is 4.23. The predicted octanol–water partition coefficient (Wildman–Crippen LogP) is 4.91. The standard InChI is InChI=1S/C21H20N6O2/c1-13(2)14-4-3-5-16(10-14)26-21(28)25-15-6-8-17(9-7-15)29-20-18-11-24-27-19(18)22-12-23-20/h3-13H,1-2H3,(H2,25,26,28)(H,22,23,24,27). The van der Waals surface area contributed by atoms with Gasteiger partial charge in [0.2, 0.25) is 5.88 Å². The number of hydrogen-bond acceptors (Lipinski definition) is 5. The Morgan fingerprint density at radius 3 is 2.62 bits per heavy atom. The van der Waals surface area contributed by atoms with Crippen LogP contribution in [0.2, 0.25) is 0 Å². The molecule has 0 spiro atoms. The number of H-pyrrole nitrogens is 1. The minimum Gasteiger partial charge on any atom is -0.438 e. The highest BCUT2D eigenvalue weighted by Gasteiger charge is 2.09. The Labute approximate surface area is 167 Å². The number of amides is 2. The summed E-state index contributed by atoms with van der Waals surface area (Å²) < 4.78 is 5.80. The molecule has 8 heteroatoms. The van der Waals surface area contributed by atoms with Crippen LogP contribution in [0.4, 0.5) is 16.2 Å².